The van der Waals surface area contributed by atoms with Crippen LogP contribution in [0.25, 0.3) is 5.69 Å². The summed E-state index contributed by atoms with van der Waals surface area (Å²) in [5.74, 6) is 0.0918. The molecule has 1 aromatic carbocycles. The van der Waals surface area contributed by atoms with Crippen molar-refractivity contribution in [3.63, 3.8) is 0 Å². The summed E-state index contributed by atoms with van der Waals surface area (Å²) in [5.41, 5.74) is 0.733. The zero-order chi connectivity index (χ0) is 17.8. The van der Waals surface area contributed by atoms with E-state index in [0.29, 0.717) is 4.80 Å². The van der Waals surface area contributed by atoms with Gasteiger partial charge in [-0.25, -0.2) is 4.79 Å². The van der Waals surface area contributed by atoms with E-state index < -0.39 is 6.61 Å². The molecule has 0 spiro atoms. The fraction of sp³-hybridized carbons (Fsp3) is 0.412. The highest BCUT2D eigenvalue weighted by atomic mass is 32.1. The summed E-state index contributed by atoms with van der Waals surface area (Å²) in [7, 11) is 0. The Kier molecular flexibility index (Phi) is 5.47. The molecule has 2 amide bonds. The van der Waals surface area contributed by atoms with Crippen molar-refractivity contribution in [1.82, 2.24) is 9.47 Å². The van der Waals surface area contributed by atoms with Gasteiger partial charge in [0, 0.05) is 29.9 Å². The second-order valence-electron chi connectivity index (χ2n) is 5.81. The molecule has 0 N–H and O–H groups in total. The van der Waals surface area contributed by atoms with Gasteiger partial charge in [-0.2, -0.15) is 13.8 Å². The number of piperidine rings is 1. The molecule has 1 fully saturated rings. The molecule has 8 heteroatoms. The standard InChI is InChI=1S/C17H19F2N3O2S/c1-12-11-22(13-5-7-14(8-6-13)24-15(18)19)17(25-12)20-16(23)21-9-3-2-4-10-21/h5-8,11,15H,2-4,9-10H2,1H3/b20-17-. The lowest BCUT2D eigenvalue weighted by atomic mass is 10.1. The SMILES string of the molecule is Cc1cn(-c2ccc(OC(F)F)cc2)/c(=N/C(=O)N2CCCCC2)s1. The van der Waals surface area contributed by atoms with Crippen molar-refractivity contribution in [2.75, 3.05) is 13.1 Å². The minimum atomic E-state index is -2.85. The number of ether oxygens (including phenoxy) is 1. The van der Waals surface area contributed by atoms with E-state index in [9.17, 15) is 13.6 Å². The van der Waals surface area contributed by atoms with Crippen molar-refractivity contribution < 1.29 is 18.3 Å². The van der Waals surface area contributed by atoms with Crippen LogP contribution >= 0.6 is 11.3 Å². The summed E-state index contributed by atoms with van der Waals surface area (Å²) in [6.45, 7) is 0.563. The lowest BCUT2D eigenvalue weighted by Crippen LogP contribution is -2.34. The molecule has 0 saturated carbocycles. The molecule has 2 heterocycles. The maximum atomic E-state index is 12.4. The molecule has 1 aliphatic heterocycles. The molecule has 2 aromatic rings. The van der Waals surface area contributed by atoms with E-state index in [1.165, 1.54) is 23.5 Å². The first kappa shape index (κ1) is 17.6. The third kappa shape index (κ3) is 4.45. The number of carbonyl (C=O) groups is 1. The van der Waals surface area contributed by atoms with Gasteiger partial charge < -0.3 is 9.64 Å². The summed E-state index contributed by atoms with van der Waals surface area (Å²) in [4.78, 5) is 20.0. The lowest BCUT2D eigenvalue weighted by molar-refractivity contribution is -0.0498. The number of rotatable bonds is 3. The Labute approximate surface area is 148 Å². The van der Waals surface area contributed by atoms with Crippen LogP contribution in [-0.4, -0.2) is 35.2 Å². The summed E-state index contributed by atoms with van der Waals surface area (Å²) in [6.07, 6.45) is 5.04. The highest BCUT2D eigenvalue weighted by molar-refractivity contribution is 7.09. The van der Waals surface area contributed by atoms with Crippen LogP contribution in [0.5, 0.6) is 5.75 Å². The van der Waals surface area contributed by atoms with Crippen LogP contribution in [0, 0.1) is 6.92 Å². The Balaban J connectivity index is 1.87. The number of amides is 2. The molecule has 0 atom stereocenters. The van der Waals surface area contributed by atoms with Crippen molar-refractivity contribution in [1.29, 1.82) is 0 Å². The van der Waals surface area contributed by atoms with Crippen LogP contribution in [0.2, 0.25) is 0 Å². The second kappa shape index (κ2) is 7.77. The molecule has 3 rings (SSSR count). The van der Waals surface area contributed by atoms with E-state index in [0.717, 1.165) is 42.9 Å². The molecule has 0 bridgehead atoms. The number of likely N-dealkylation sites (tertiary alicyclic amines) is 1. The zero-order valence-corrected chi connectivity index (χ0v) is 14.6. The van der Waals surface area contributed by atoms with Crippen molar-refractivity contribution in [3.8, 4) is 11.4 Å². The van der Waals surface area contributed by atoms with Crippen molar-refractivity contribution in [3.05, 3.63) is 40.1 Å². The van der Waals surface area contributed by atoms with Gasteiger partial charge in [0.2, 0.25) is 0 Å². The predicted octanol–water partition coefficient (Wildman–Crippen LogP) is 3.96. The first-order valence-electron chi connectivity index (χ1n) is 8.11. The highest BCUT2D eigenvalue weighted by Gasteiger charge is 2.16. The Morgan fingerprint density at radius 2 is 1.88 bits per heavy atom. The fourth-order valence-electron chi connectivity index (χ4n) is 2.74. The topological polar surface area (TPSA) is 46.8 Å². The number of hydrogen-bond donors (Lipinski definition) is 0. The van der Waals surface area contributed by atoms with Crippen LogP contribution in [0.1, 0.15) is 24.1 Å². The third-order valence-corrected chi connectivity index (χ3v) is 4.83. The number of halogens is 2. The molecule has 1 aromatic heterocycles. The molecule has 0 radical (unpaired) electrons. The minimum absolute atomic E-state index is 0.0918. The number of thiazole rings is 1. The minimum Gasteiger partial charge on any atom is -0.435 e. The Hall–Kier alpha value is -2.22. The zero-order valence-electron chi connectivity index (χ0n) is 13.8. The molecule has 25 heavy (non-hydrogen) atoms. The van der Waals surface area contributed by atoms with Crippen molar-refractivity contribution >= 4 is 17.4 Å². The molecular weight excluding hydrogens is 348 g/mol. The summed E-state index contributed by atoms with van der Waals surface area (Å²) >= 11 is 1.41. The van der Waals surface area contributed by atoms with E-state index in [1.807, 2.05) is 13.1 Å². The van der Waals surface area contributed by atoms with E-state index in [-0.39, 0.29) is 11.8 Å². The third-order valence-electron chi connectivity index (χ3n) is 3.93. The summed E-state index contributed by atoms with van der Waals surface area (Å²) < 4.78 is 30.6. The largest absolute Gasteiger partial charge is 0.435 e. The number of urea groups is 1. The van der Waals surface area contributed by atoms with E-state index in [4.69, 9.17) is 0 Å². The van der Waals surface area contributed by atoms with Gasteiger partial charge in [-0.1, -0.05) is 0 Å². The van der Waals surface area contributed by atoms with Crippen molar-refractivity contribution in [2.24, 2.45) is 4.99 Å². The van der Waals surface area contributed by atoms with Crippen LogP contribution in [0.15, 0.2) is 35.5 Å². The van der Waals surface area contributed by atoms with Gasteiger partial charge in [-0.3, -0.25) is 4.57 Å². The van der Waals surface area contributed by atoms with E-state index in [2.05, 4.69) is 9.73 Å². The first-order valence-corrected chi connectivity index (χ1v) is 8.92. The number of alkyl halides is 2. The molecule has 0 aliphatic carbocycles. The van der Waals surface area contributed by atoms with Crippen LogP contribution in [0.3, 0.4) is 0 Å². The van der Waals surface area contributed by atoms with Gasteiger partial charge in [0.15, 0.2) is 4.80 Å². The van der Waals surface area contributed by atoms with Gasteiger partial charge in [-0.05, 0) is 50.5 Å². The normalized spacial score (nSPS) is 15.7. The highest BCUT2D eigenvalue weighted by Crippen LogP contribution is 2.18. The molecular formula is C17H19F2N3O2S. The van der Waals surface area contributed by atoms with Gasteiger partial charge >= 0.3 is 12.6 Å². The Morgan fingerprint density at radius 3 is 2.52 bits per heavy atom. The summed E-state index contributed by atoms with van der Waals surface area (Å²) in [5, 5.41) is 0. The van der Waals surface area contributed by atoms with Gasteiger partial charge in [0.25, 0.3) is 0 Å². The van der Waals surface area contributed by atoms with Crippen LogP contribution in [0.4, 0.5) is 13.6 Å². The van der Waals surface area contributed by atoms with Gasteiger partial charge in [0.05, 0.1) is 0 Å². The molecule has 1 saturated heterocycles. The number of aryl methyl sites for hydroxylation is 1. The van der Waals surface area contributed by atoms with Gasteiger partial charge in [0.1, 0.15) is 5.75 Å². The molecule has 0 unspecified atom stereocenters. The van der Waals surface area contributed by atoms with Gasteiger partial charge in [-0.15, -0.1) is 11.3 Å². The maximum Gasteiger partial charge on any atom is 0.387 e. The summed E-state index contributed by atoms with van der Waals surface area (Å²) in [6, 6.07) is 6.03. The maximum absolute atomic E-state index is 12.4. The number of aromatic nitrogens is 1. The number of benzene rings is 1. The average Bonchev–Trinajstić information content (AvgIpc) is 2.96. The number of nitrogens with zero attached hydrogens (tertiary/aromatic N) is 3. The quantitative estimate of drug-likeness (QED) is 0.824. The molecule has 5 nitrogen and oxygen atoms in total. The van der Waals surface area contributed by atoms with E-state index >= 15 is 0 Å². The Morgan fingerprint density at radius 1 is 1.20 bits per heavy atom. The molecule has 1 aliphatic rings. The molecule has 134 valence electrons. The monoisotopic (exact) mass is 367 g/mol. The van der Waals surface area contributed by atoms with Crippen LogP contribution in [-0.2, 0) is 0 Å². The van der Waals surface area contributed by atoms with Crippen molar-refractivity contribution in [2.45, 2.75) is 32.8 Å². The smallest absolute Gasteiger partial charge is 0.387 e. The Bertz CT molecular complexity index is 793. The predicted molar refractivity (Wildman–Crippen MR) is 91.4 cm³/mol. The average molecular weight is 367 g/mol. The van der Waals surface area contributed by atoms with Crippen LogP contribution < -0.4 is 9.54 Å². The number of hydrogen-bond acceptors (Lipinski definition) is 3. The number of carbonyl (C=O) groups excluding carboxylic acids is 1. The lowest BCUT2D eigenvalue weighted by Gasteiger charge is -2.24. The van der Waals surface area contributed by atoms with E-state index in [1.54, 1.807) is 21.6 Å². The second-order valence-corrected chi connectivity index (χ2v) is 7.02. The first-order chi connectivity index (χ1) is 12.0. The fourth-order valence-corrected chi connectivity index (χ4v) is 3.57.